The number of carbonyl (C=O) groups excluding carboxylic acids is 1. The van der Waals surface area contributed by atoms with Crippen LogP contribution in [0.15, 0.2) is 35.1 Å². The molecule has 0 radical (unpaired) electrons. The molecular weight excluding hydrogens is 344 g/mol. The summed E-state index contributed by atoms with van der Waals surface area (Å²) in [7, 11) is 1.73. The van der Waals surface area contributed by atoms with Crippen molar-refractivity contribution in [1.29, 1.82) is 0 Å². The van der Waals surface area contributed by atoms with Crippen LogP contribution in [0.1, 0.15) is 43.1 Å². The van der Waals surface area contributed by atoms with Crippen LogP contribution in [0.3, 0.4) is 0 Å². The summed E-state index contributed by atoms with van der Waals surface area (Å²) >= 11 is 0. The number of nitrogens with zero attached hydrogens (tertiary/aromatic N) is 4. The standard InChI is InChI=1S/C20H24N4O3/c1-13(2)24-19-16(12-21-24)15(11-17(22-19)18-5-4-10-27-18)20(25)23-8-6-14(26-3)7-9-23/h4-5,10-14H,6-9H2,1-3H3. The Morgan fingerprint density at radius 1 is 1.33 bits per heavy atom. The number of hydrogen-bond acceptors (Lipinski definition) is 5. The van der Waals surface area contributed by atoms with Crippen molar-refractivity contribution < 1.29 is 13.9 Å². The van der Waals surface area contributed by atoms with Gasteiger partial charge in [0.25, 0.3) is 5.91 Å². The highest BCUT2D eigenvalue weighted by Crippen LogP contribution is 2.28. The van der Waals surface area contributed by atoms with Crippen LogP contribution in [0, 0.1) is 0 Å². The number of fused-ring (bicyclic) bond motifs is 1. The molecule has 0 unspecified atom stereocenters. The van der Waals surface area contributed by atoms with Gasteiger partial charge in [-0.3, -0.25) is 4.79 Å². The lowest BCUT2D eigenvalue weighted by atomic mass is 10.0. The fourth-order valence-corrected chi connectivity index (χ4v) is 3.59. The van der Waals surface area contributed by atoms with Crippen molar-refractivity contribution in [2.24, 2.45) is 0 Å². The average Bonchev–Trinajstić information content (AvgIpc) is 3.36. The van der Waals surface area contributed by atoms with Gasteiger partial charge in [-0.05, 0) is 44.9 Å². The number of ether oxygens (including phenoxy) is 1. The molecule has 0 bridgehead atoms. The Hall–Kier alpha value is -2.67. The van der Waals surface area contributed by atoms with Crippen LogP contribution in [0.4, 0.5) is 0 Å². The zero-order chi connectivity index (χ0) is 19.0. The van der Waals surface area contributed by atoms with Gasteiger partial charge in [-0.25, -0.2) is 9.67 Å². The molecule has 3 aromatic rings. The van der Waals surface area contributed by atoms with E-state index >= 15 is 0 Å². The van der Waals surface area contributed by atoms with Crippen molar-refractivity contribution in [3.8, 4) is 11.5 Å². The second-order valence-corrected chi connectivity index (χ2v) is 7.18. The Bertz CT molecular complexity index is 938. The van der Waals surface area contributed by atoms with Crippen LogP contribution in [0.25, 0.3) is 22.5 Å². The van der Waals surface area contributed by atoms with Crippen LogP contribution < -0.4 is 0 Å². The molecule has 1 amide bonds. The topological polar surface area (TPSA) is 73.4 Å². The van der Waals surface area contributed by atoms with Crippen molar-refractivity contribution >= 4 is 16.9 Å². The number of rotatable bonds is 4. The van der Waals surface area contributed by atoms with Gasteiger partial charge in [0.05, 0.1) is 29.5 Å². The van der Waals surface area contributed by atoms with Crippen molar-refractivity contribution in [1.82, 2.24) is 19.7 Å². The Morgan fingerprint density at radius 3 is 2.74 bits per heavy atom. The maximum atomic E-state index is 13.3. The quantitative estimate of drug-likeness (QED) is 0.704. The van der Waals surface area contributed by atoms with Crippen LogP contribution in [-0.4, -0.2) is 51.9 Å². The second kappa shape index (κ2) is 7.15. The predicted molar refractivity (Wildman–Crippen MR) is 102 cm³/mol. The lowest BCUT2D eigenvalue weighted by molar-refractivity contribution is 0.0352. The van der Waals surface area contributed by atoms with Gasteiger partial charge in [0.1, 0.15) is 5.69 Å². The molecule has 3 aromatic heterocycles. The SMILES string of the molecule is COC1CCN(C(=O)c2cc(-c3ccco3)nc3c2cnn3C(C)C)CC1. The largest absolute Gasteiger partial charge is 0.463 e. The zero-order valence-corrected chi connectivity index (χ0v) is 15.9. The summed E-state index contributed by atoms with van der Waals surface area (Å²) in [5, 5.41) is 5.24. The number of pyridine rings is 1. The van der Waals surface area contributed by atoms with E-state index in [1.807, 2.05) is 41.6 Å². The summed E-state index contributed by atoms with van der Waals surface area (Å²) in [5.74, 6) is 0.647. The summed E-state index contributed by atoms with van der Waals surface area (Å²) in [4.78, 5) is 19.9. The van der Waals surface area contributed by atoms with E-state index in [0.717, 1.165) is 18.2 Å². The molecule has 0 atom stereocenters. The van der Waals surface area contributed by atoms with Crippen LogP contribution in [0.5, 0.6) is 0 Å². The third-order valence-corrected chi connectivity index (χ3v) is 5.12. The molecule has 0 saturated carbocycles. The number of likely N-dealkylation sites (tertiary alicyclic amines) is 1. The van der Waals surface area contributed by atoms with E-state index in [1.165, 1.54) is 0 Å². The Labute approximate surface area is 157 Å². The minimum atomic E-state index is 0.00747. The lowest BCUT2D eigenvalue weighted by Crippen LogP contribution is -2.40. The Balaban J connectivity index is 1.78. The number of carbonyl (C=O) groups is 1. The van der Waals surface area contributed by atoms with E-state index in [2.05, 4.69) is 5.10 Å². The lowest BCUT2D eigenvalue weighted by Gasteiger charge is -2.31. The maximum Gasteiger partial charge on any atom is 0.254 e. The zero-order valence-electron chi connectivity index (χ0n) is 15.9. The molecule has 1 aliphatic rings. The van der Waals surface area contributed by atoms with E-state index in [4.69, 9.17) is 14.1 Å². The maximum absolute atomic E-state index is 13.3. The van der Waals surface area contributed by atoms with Crippen LogP contribution in [-0.2, 0) is 4.74 Å². The molecule has 0 N–H and O–H groups in total. The number of amides is 1. The van der Waals surface area contributed by atoms with E-state index in [1.54, 1.807) is 19.6 Å². The number of hydrogen-bond donors (Lipinski definition) is 0. The van der Waals surface area contributed by atoms with Crippen LogP contribution >= 0.6 is 0 Å². The summed E-state index contributed by atoms with van der Waals surface area (Å²) in [5.41, 5.74) is 1.97. The first-order chi connectivity index (χ1) is 13.1. The molecule has 27 heavy (non-hydrogen) atoms. The van der Waals surface area contributed by atoms with Gasteiger partial charge in [-0.2, -0.15) is 5.10 Å². The molecule has 142 valence electrons. The Morgan fingerprint density at radius 2 is 2.11 bits per heavy atom. The van der Waals surface area contributed by atoms with Crippen molar-refractivity contribution in [3.63, 3.8) is 0 Å². The third kappa shape index (κ3) is 3.23. The van der Waals surface area contributed by atoms with Gasteiger partial charge >= 0.3 is 0 Å². The number of aromatic nitrogens is 3. The van der Waals surface area contributed by atoms with E-state index in [-0.39, 0.29) is 18.1 Å². The minimum Gasteiger partial charge on any atom is -0.463 e. The summed E-state index contributed by atoms with van der Waals surface area (Å²) < 4.78 is 12.8. The highest BCUT2D eigenvalue weighted by Gasteiger charge is 2.26. The summed E-state index contributed by atoms with van der Waals surface area (Å²) in [6, 6.07) is 5.63. The molecule has 0 spiro atoms. The van der Waals surface area contributed by atoms with E-state index in [9.17, 15) is 4.79 Å². The van der Waals surface area contributed by atoms with Crippen LogP contribution in [0.2, 0.25) is 0 Å². The van der Waals surface area contributed by atoms with Crippen molar-refractivity contribution in [3.05, 3.63) is 36.2 Å². The summed E-state index contributed by atoms with van der Waals surface area (Å²) in [6.07, 6.45) is 5.29. The number of methoxy groups -OCH3 is 1. The first kappa shape index (κ1) is 17.7. The molecule has 7 heteroatoms. The van der Waals surface area contributed by atoms with Gasteiger partial charge in [-0.15, -0.1) is 0 Å². The molecule has 7 nitrogen and oxygen atoms in total. The molecule has 1 saturated heterocycles. The smallest absolute Gasteiger partial charge is 0.254 e. The highest BCUT2D eigenvalue weighted by molar-refractivity contribution is 6.06. The predicted octanol–water partition coefficient (Wildman–Crippen LogP) is 3.52. The van der Waals surface area contributed by atoms with E-state index < -0.39 is 0 Å². The molecule has 1 aliphatic heterocycles. The molecule has 0 aromatic carbocycles. The normalized spacial score (nSPS) is 15.8. The van der Waals surface area contributed by atoms with Gasteiger partial charge in [0.15, 0.2) is 11.4 Å². The molecule has 0 aliphatic carbocycles. The minimum absolute atomic E-state index is 0.00747. The van der Waals surface area contributed by atoms with E-state index in [0.29, 0.717) is 35.8 Å². The second-order valence-electron chi connectivity index (χ2n) is 7.18. The first-order valence-corrected chi connectivity index (χ1v) is 9.32. The molecule has 4 rings (SSSR count). The highest BCUT2D eigenvalue weighted by atomic mass is 16.5. The average molecular weight is 368 g/mol. The van der Waals surface area contributed by atoms with Gasteiger partial charge in [0, 0.05) is 26.2 Å². The van der Waals surface area contributed by atoms with Gasteiger partial charge < -0.3 is 14.1 Å². The monoisotopic (exact) mass is 368 g/mol. The molecular formula is C20H24N4O3. The number of furan rings is 1. The first-order valence-electron chi connectivity index (χ1n) is 9.32. The third-order valence-electron chi connectivity index (χ3n) is 5.12. The Kier molecular flexibility index (Phi) is 4.70. The molecule has 1 fully saturated rings. The van der Waals surface area contributed by atoms with Crippen molar-refractivity contribution in [2.75, 3.05) is 20.2 Å². The fraction of sp³-hybridized carbons (Fsp3) is 0.450. The number of piperidine rings is 1. The van der Waals surface area contributed by atoms with Gasteiger partial charge in [-0.1, -0.05) is 0 Å². The fourth-order valence-electron chi connectivity index (χ4n) is 3.59. The van der Waals surface area contributed by atoms with Gasteiger partial charge in [0.2, 0.25) is 0 Å². The molecule has 4 heterocycles. The van der Waals surface area contributed by atoms with Crippen molar-refractivity contribution in [2.45, 2.75) is 38.8 Å². The summed E-state index contributed by atoms with van der Waals surface area (Å²) in [6.45, 7) is 5.47.